The molecule has 1 aliphatic carbocycles. The molecule has 2 N–H and O–H groups in total. The van der Waals surface area contributed by atoms with Crippen molar-refractivity contribution < 1.29 is 14.5 Å². The van der Waals surface area contributed by atoms with Gasteiger partial charge in [0.05, 0.1) is 4.92 Å². The molecule has 2 rings (SSSR count). The third-order valence-electron chi connectivity index (χ3n) is 3.07. The van der Waals surface area contributed by atoms with Crippen LogP contribution < -0.4 is 10.6 Å². The topological polar surface area (TPSA) is 101 Å². The van der Waals surface area contributed by atoms with Gasteiger partial charge in [-0.3, -0.25) is 19.7 Å². The molecule has 0 atom stereocenters. The lowest BCUT2D eigenvalue weighted by Gasteiger charge is -2.07. The second-order valence-corrected chi connectivity index (χ2v) is 5.12. The van der Waals surface area contributed by atoms with Gasteiger partial charge in [0, 0.05) is 19.0 Å². The second-order valence-electron chi connectivity index (χ2n) is 4.71. The lowest BCUT2D eigenvalue weighted by molar-refractivity contribution is -0.385. The van der Waals surface area contributed by atoms with Crippen molar-refractivity contribution in [2.45, 2.75) is 12.8 Å². The van der Waals surface area contributed by atoms with E-state index in [2.05, 4.69) is 10.6 Å². The molecule has 112 valence electrons. The molecule has 0 aromatic heterocycles. The van der Waals surface area contributed by atoms with Crippen LogP contribution in [0.5, 0.6) is 0 Å². The zero-order chi connectivity index (χ0) is 15.4. The normalized spacial score (nSPS) is 13.6. The monoisotopic (exact) mass is 311 g/mol. The summed E-state index contributed by atoms with van der Waals surface area (Å²) in [6.07, 6.45) is 1.82. The highest BCUT2D eigenvalue weighted by Crippen LogP contribution is 2.29. The molecule has 0 aliphatic heterocycles. The smallest absolute Gasteiger partial charge is 0.300 e. The Kier molecular flexibility index (Phi) is 4.74. The van der Waals surface area contributed by atoms with Crippen LogP contribution in [0.15, 0.2) is 18.2 Å². The first-order valence-corrected chi connectivity index (χ1v) is 6.87. The Morgan fingerprint density at radius 2 is 1.95 bits per heavy atom. The number of para-hydroxylation sites is 1. The van der Waals surface area contributed by atoms with Crippen LogP contribution in [-0.4, -0.2) is 29.8 Å². The van der Waals surface area contributed by atoms with Gasteiger partial charge in [-0.25, -0.2) is 0 Å². The van der Waals surface area contributed by atoms with E-state index in [9.17, 15) is 19.7 Å². The van der Waals surface area contributed by atoms with E-state index >= 15 is 0 Å². The molecule has 0 heterocycles. The minimum atomic E-state index is -0.688. The molecule has 2 amide bonds. The van der Waals surface area contributed by atoms with Gasteiger partial charge >= 0.3 is 5.69 Å². The van der Waals surface area contributed by atoms with Crippen molar-refractivity contribution in [3.05, 3.63) is 38.9 Å². The van der Waals surface area contributed by atoms with Crippen molar-refractivity contribution in [2.24, 2.45) is 5.92 Å². The van der Waals surface area contributed by atoms with E-state index in [1.165, 1.54) is 18.2 Å². The van der Waals surface area contributed by atoms with Gasteiger partial charge in [0.15, 0.2) is 0 Å². The largest absolute Gasteiger partial charge is 0.354 e. The fourth-order valence-electron chi connectivity index (χ4n) is 1.83. The number of hydrogen-bond acceptors (Lipinski definition) is 4. The Hall–Kier alpha value is -2.15. The molecule has 7 nitrogen and oxygen atoms in total. The molecule has 1 fully saturated rings. The van der Waals surface area contributed by atoms with Crippen molar-refractivity contribution in [3.63, 3.8) is 0 Å². The summed E-state index contributed by atoms with van der Waals surface area (Å²) in [5, 5.41) is 16.1. The zero-order valence-corrected chi connectivity index (χ0v) is 11.9. The van der Waals surface area contributed by atoms with Gasteiger partial charge in [-0.2, -0.15) is 0 Å². The molecule has 1 aliphatic rings. The van der Waals surface area contributed by atoms with Gasteiger partial charge in [0.1, 0.15) is 10.6 Å². The summed E-state index contributed by atoms with van der Waals surface area (Å²) >= 11 is 5.73. The van der Waals surface area contributed by atoms with Crippen LogP contribution in [0, 0.1) is 16.0 Å². The minimum Gasteiger partial charge on any atom is -0.354 e. The van der Waals surface area contributed by atoms with Crippen LogP contribution in [0.2, 0.25) is 5.02 Å². The molecule has 1 aromatic rings. The SMILES string of the molecule is O=C(NCCNC(=O)C1CC1)c1cccc(Cl)c1[N+](=O)[O-]. The van der Waals surface area contributed by atoms with E-state index in [0.29, 0.717) is 0 Å². The molecule has 1 aromatic carbocycles. The molecular weight excluding hydrogens is 298 g/mol. The van der Waals surface area contributed by atoms with E-state index < -0.39 is 16.5 Å². The Labute approximate surface area is 125 Å². The van der Waals surface area contributed by atoms with Crippen molar-refractivity contribution in [1.29, 1.82) is 0 Å². The Balaban J connectivity index is 1.89. The first-order valence-electron chi connectivity index (χ1n) is 6.49. The predicted molar refractivity (Wildman–Crippen MR) is 76.2 cm³/mol. The maximum atomic E-state index is 11.9. The van der Waals surface area contributed by atoms with Crippen LogP contribution >= 0.6 is 11.6 Å². The van der Waals surface area contributed by atoms with Crippen molar-refractivity contribution >= 4 is 29.1 Å². The van der Waals surface area contributed by atoms with Gasteiger partial charge in [0.25, 0.3) is 5.91 Å². The molecule has 0 bridgehead atoms. The molecule has 0 unspecified atom stereocenters. The number of hydrogen-bond donors (Lipinski definition) is 2. The summed E-state index contributed by atoms with van der Waals surface area (Å²) in [6.45, 7) is 0.483. The standard InChI is InChI=1S/C13H14ClN3O4/c14-10-3-1-2-9(11(10)17(20)21)13(19)16-7-6-15-12(18)8-4-5-8/h1-3,8H,4-7H2,(H,15,18)(H,16,19). The highest BCUT2D eigenvalue weighted by Gasteiger charge is 2.29. The summed E-state index contributed by atoms with van der Waals surface area (Å²) in [5.74, 6) is -0.502. The lowest BCUT2D eigenvalue weighted by atomic mass is 10.1. The van der Waals surface area contributed by atoms with E-state index in [1.54, 1.807) is 0 Å². The van der Waals surface area contributed by atoms with Crippen molar-refractivity contribution in [3.8, 4) is 0 Å². The number of halogens is 1. The average Bonchev–Trinajstić information content (AvgIpc) is 3.26. The molecule has 8 heteroatoms. The number of rotatable bonds is 6. The highest BCUT2D eigenvalue weighted by molar-refractivity contribution is 6.33. The van der Waals surface area contributed by atoms with E-state index in [-0.39, 0.29) is 35.5 Å². The predicted octanol–water partition coefficient (Wildman–Crippen LogP) is 1.50. The summed E-state index contributed by atoms with van der Waals surface area (Å²) < 4.78 is 0. The Bertz CT molecular complexity index is 587. The maximum absolute atomic E-state index is 11.9. The van der Waals surface area contributed by atoms with Gasteiger partial charge in [-0.05, 0) is 25.0 Å². The molecule has 0 spiro atoms. The number of carbonyl (C=O) groups excluding carboxylic acids is 2. The number of nitrogens with one attached hydrogen (secondary N) is 2. The summed E-state index contributed by atoms with van der Waals surface area (Å²) in [4.78, 5) is 33.5. The zero-order valence-electron chi connectivity index (χ0n) is 11.1. The first kappa shape index (κ1) is 15.2. The first-order chi connectivity index (χ1) is 10.0. The number of nitrogens with zero attached hydrogens (tertiary/aromatic N) is 1. The van der Waals surface area contributed by atoms with E-state index in [4.69, 9.17) is 11.6 Å². The fourth-order valence-corrected chi connectivity index (χ4v) is 2.07. The average molecular weight is 312 g/mol. The van der Waals surface area contributed by atoms with Crippen molar-refractivity contribution in [2.75, 3.05) is 13.1 Å². The van der Waals surface area contributed by atoms with Crippen LogP contribution in [0.3, 0.4) is 0 Å². The van der Waals surface area contributed by atoms with Crippen molar-refractivity contribution in [1.82, 2.24) is 10.6 Å². The lowest BCUT2D eigenvalue weighted by Crippen LogP contribution is -2.35. The van der Waals surface area contributed by atoms with Gasteiger partial charge < -0.3 is 10.6 Å². The highest BCUT2D eigenvalue weighted by atomic mass is 35.5. The summed E-state index contributed by atoms with van der Waals surface area (Å²) in [5.41, 5.74) is -0.514. The number of amides is 2. The summed E-state index contributed by atoms with van der Waals surface area (Å²) in [7, 11) is 0. The van der Waals surface area contributed by atoms with Crippen LogP contribution in [0.25, 0.3) is 0 Å². The quantitative estimate of drug-likeness (QED) is 0.472. The third kappa shape index (κ3) is 3.91. The van der Waals surface area contributed by atoms with Crippen LogP contribution in [-0.2, 0) is 4.79 Å². The number of nitro groups is 1. The molecule has 0 saturated heterocycles. The van der Waals surface area contributed by atoms with Gasteiger partial charge in [-0.15, -0.1) is 0 Å². The Morgan fingerprint density at radius 1 is 1.29 bits per heavy atom. The molecule has 1 saturated carbocycles. The van der Waals surface area contributed by atoms with Crippen LogP contribution in [0.1, 0.15) is 23.2 Å². The molecular formula is C13H14ClN3O4. The molecule has 0 radical (unpaired) electrons. The fraction of sp³-hybridized carbons (Fsp3) is 0.385. The summed E-state index contributed by atoms with van der Waals surface area (Å²) in [6, 6.07) is 4.16. The third-order valence-corrected chi connectivity index (χ3v) is 3.38. The second kappa shape index (κ2) is 6.53. The van der Waals surface area contributed by atoms with Gasteiger partial charge in [0.2, 0.25) is 5.91 Å². The minimum absolute atomic E-state index is 0.0158. The number of nitro benzene ring substituents is 1. The van der Waals surface area contributed by atoms with E-state index in [0.717, 1.165) is 12.8 Å². The maximum Gasteiger partial charge on any atom is 0.300 e. The molecule has 21 heavy (non-hydrogen) atoms. The number of carbonyl (C=O) groups is 2. The Morgan fingerprint density at radius 3 is 2.57 bits per heavy atom. The van der Waals surface area contributed by atoms with Crippen LogP contribution in [0.4, 0.5) is 5.69 Å². The van der Waals surface area contributed by atoms with Gasteiger partial charge in [-0.1, -0.05) is 17.7 Å². The number of benzene rings is 1. The van der Waals surface area contributed by atoms with E-state index in [1.807, 2.05) is 0 Å².